The van der Waals surface area contributed by atoms with E-state index >= 15 is 0 Å². The van der Waals surface area contributed by atoms with Crippen LogP contribution in [0.1, 0.15) is 36.1 Å². The van der Waals surface area contributed by atoms with Gasteiger partial charge in [-0.25, -0.2) is 9.50 Å². The molecule has 0 spiro atoms. The first kappa shape index (κ1) is 15.9. The fraction of sp³-hybridized carbons (Fsp3) is 0.294. The summed E-state index contributed by atoms with van der Waals surface area (Å²) < 4.78 is 7.26. The van der Waals surface area contributed by atoms with Crippen molar-refractivity contribution in [2.45, 2.75) is 26.7 Å². The molecule has 0 aliphatic carbocycles. The van der Waals surface area contributed by atoms with Crippen LogP contribution in [0.2, 0.25) is 0 Å². The van der Waals surface area contributed by atoms with E-state index in [0.29, 0.717) is 23.8 Å². The Kier molecular flexibility index (Phi) is 4.69. The predicted molar refractivity (Wildman–Crippen MR) is 90.3 cm³/mol. The van der Waals surface area contributed by atoms with E-state index in [-0.39, 0.29) is 5.82 Å². The molecule has 0 bridgehead atoms. The molecular formula is C17H19N5O2. The number of anilines is 1. The number of hydrogen-bond acceptors (Lipinski definition) is 5. The maximum atomic E-state index is 12.4. The Bertz CT molecular complexity index is 859. The summed E-state index contributed by atoms with van der Waals surface area (Å²) in [4.78, 5) is 20.7. The second kappa shape index (κ2) is 7.08. The number of unbranched alkanes of at least 4 members (excludes halogenated alkanes) is 1. The van der Waals surface area contributed by atoms with Crippen LogP contribution in [0.5, 0.6) is 5.75 Å². The Morgan fingerprint density at radius 1 is 1.29 bits per heavy atom. The predicted octanol–water partition coefficient (Wildman–Crippen LogP) is 2.86. The van der Waals surface area contributed by atoms with Gasteiger partial charge in [-0.05, 0) is 31.5 Å². The van der Waals surface area contributed by atoms with E-state index in [2.05, 4.69) is 27.3 Å². The lowest BCUT2D eigenvalue weighted by Gasteiger charge is -2.11. The van der Waals surface area contributed by atoms with E-state index in [4.69, 9.17) is 4.74 Å². The molecule has 2 aromatic heterocycles. The van der Waals surface area contributed by atoms with E-state index in [0.717, 1.165) is 18.5 Å². The molecule has 0 aliphatic heterocycles. The molecule has 0 saturated heterocycles. The molecule has 3 aromatic rings. The number of carbonyl (C=O) groups excluding carboxylic acids is 1. The maximum Gasteiger partial charge on any atom is 0.295 e. The van der Waals surface area contributed by atoms with Crippen molar-refractivity contribution in [3.8, 4) is 5.75 Å². The van der Waals surface area contributed by atoms with Crippen molar-refractivity contribution in [1.29, 1.82) is 0 Å². The lowest BCUT2D eigenvalue weighted by molar-refractivity contribution is 0.101. The van der Waals surface area contributed by atoms with Crippen LogP contribution in [-0.4, -0.2) is 32.1 Å². The molecule has 3 rings (SSSR count). The summed E-state index contributed by atoms with van der Waals surface area (Å²) in [6.07, 6.45) is 3.64. The zero-order chi connectivity index (χ0) is 16.9. The number of carbonyl (C=O) groups is 1. The molecule has 1 N–H and O–H groups in total. The highest BCUT2D eigenvalue weighted by atomic mass is 16.5. The zero-order valence-corrected chi connectivity index (χ0v) is 13.7. The monoisotopic (exact) mass is 325 g/mol. The third-order valence-electron chi connectivity index (χ3n) is 3.52. The highest BCUT2D eigenvalue weighted by Crippen LogP contribution is 2.24. The SMILES string of the molecule is CCCCOc1ccccc1NC(=O)c1nc2nccc(C)n2n1. The molecule has 1 aromatic carbocycles. The van der Waals surface area contributed by atoms with Crippen molar-refractivity contribution in [2.24, 2.45) is 0 Å². The number of ether oxygens (including phenoxy) is 1. The third-order valence-corrected chi connectivity index (χ3v) is 3.52. The van der Waals surface area contributed by atoms with Gasteiger partial charge in [-0.1, -0.05) is 25.5 Å². The largest absolute Gasteiger partial charge is 0.491 e. The normalized spacial score (nSPS) is 10.8. The van der Waals surface area contributed by atoms with Gasteiger partial charge in [0.1, 0.15) is 5.75 Å². The highest BCUT2D eigenvalue weighted by Gasteiger charge is 2.16. The van der Waals surface area contributed by atoms with E-state index in [1.165, 1.54) is 0 Å². The van der Waals surface area contributed by atoms with Crippen LogP contribution in [0.25, 0.3) is 5.78 Å². The maximum absolute atomic E-state index is 12.4. The van der Waals surface area contributed by atoms with Gasteiger partial charge in [0, 0.05) is 11.9 Å². The minimum atomic E-state index is -0.397. The third kappa shape index (κ3) is 3.34. The number of para-hydroxylation sites is 2. The number of benzene rings is 1. The Balaban J connectivity index is 1.80. The average molecular weight is 325 g/mol. The summed E-state index contributed by atoms with van der Waals surface area (Å²) in [7, 11) is 0. The fourth-order valence-electron chi connectivity index (χ4n) is 2.20. The van der Waals surface area contributed by atoms with Gasteiger partial charge in [-0.2, -0.15) is 4.98 Å². The van der Waals surface area contributed by atoms with E-state index in [9.17, 15) is 4.79 Å². The first-order chi connectivity index (χ1) is 11.7. The first-order valence-corrected chi connectivity index (χ1v) is 7.90. The average Bonchev–Trinajstić information content (AvgIpc) is 3.02. The standard InChI is InChI=1S/C17H19N5O2/c1-3-4-11-24-14-8-6-5-7-13(14)19-16(23)15-20-17-18-10-9-12(2)22(17)21-15/h5-10H,3-4,11H2,1-2H3,(H,19,23). The summed E-state index contributed by atoms with van der Waals surface area (Å²) in [5, 5.41) is 7.01. The summed E-state index contributed by atoms with van der Waals surface area (Å²) in [5.41, 5.74) is 1.46. The molecule has 1 amide bonds. The Morgan fingerprint density at radius 2 is 2.12 bits per heavy atom. The van der Waals surface area contributed by atoms with Crippen molar-refractivity contribution in [2.75, 3.05) is 11.9 Å². The van der Waals surface area contributed by atoms with E-state index in [1.807, 2.05) is 25.1 Å². The minimum absolute atomic E-state index is 0.0696. The van der Waals surface area contributed by atoms with Gasteiger partial charge in [-0.3, -0.25) is 4.79 Å². The van der Waals surface area contributed by atoms with Crippen molar-refractivity contribution >= 4 is 17.4 Å². The molecule has 0 aliphatic rings. The van der Waals surface area contributed by atoms with Gasteiger partial charge in [0.05, 0.1) is 12.3 Å². The molecule has 0 radical (unpaired) electrons. The molecule has 0 unspecified atom stereocenters. The van der Waals surface area contributed by atoms with Crippen molar-refractivity contribution in [3.63, 3.8) is 0 Å². The molecule has 24 heavy (non-hydrogen) atoms. The van der Waals surface area contributed by atoms with Gasteiger partial charge in [0.25, 0.3) is 11.7 Å². The van der Waals surface area contributed by atoms with Crippen LogP contribution < -0.4 is 10.1 Å². The van der Waals surface area contributed by atoms with Gasteiger partial charge < -0.3 is 10.1 Å². The summed E-state index contributed by atoms with van der Waals surface area (Å²) in [5.74, 6) is 0.705. The number of hydrogen-bond donors (Lipinski definition) is 1. The summed E-state index contributed by atoms with van der Waals surface area (Å²) in [6.45, 7) is 4.59. The number of rotatable bonds is 6. The van der Waals surface area contributed by atoms with Crippen LogP contribution >= 0.6 is 0 Å². The quantitative estimate of drug-likeness (QED) is 0.705. The van der Waals surface area contributed by atoms with Crippen molar-refractivity contribution in [1.82, 2.24) is 19.6 Å². The number of aromatic nitrogens is 4. The van der Waals surface area contributed by atoms with Crippen LogP contribution in [0.4, 0.5) is 5.69 Å². The summed E-state index contributed by atoms with van der Waals surface area (Å²) in [6, 6.07) is 9.13. The Morgan fingerprint density at radius 3 is 2.92 bits per heavy atom. The van der Waals surface area contributed by atoms with E-state index in [1.54, 1.807) is 22.8 Å². The van der Waals surface area contributed by atoms with Gasteiger partial charge in [0.15, 0.2) is 0 Å². The van der Waals surface area contributed by atoms with Gasteiger partial charge in [-0.15, -0.1) is 5.10 Å². The topological polar surface area (TPSA) is 81.4 Å². The molecule has 124 valence electrons. The van der Waals surface area contributed by atoms with E-state index < -0.39 is 5.91 Å². The number of nitrogens with zero attached hydrogens (tertiary/aromatic N) is 4. The summed E-state index contributed by atoms with van der Waals surface area (Å²) >= 11 is 0. The van der Waals surface area contributed by atoms with Crippen LogP contribution in [0, 0.1) is 6.92 Å². The smallest absolute Gasteiger partial charge is 0.295 e. The number of fused-ring (bicyclic) bond motifs is 1. The number of aryl methyl sites for hydroxylation is 1. The number of amides is 1. The lowest BCUT2D eigenvalue weighted by atomic mass is 10.3. The molecule has 0 saturated carbocycles. The molecule has 7 heteroatoms. The second-order valence-corrected chi connectivity index (χ2v) is 5.39. The molecule has 0 fully saturated rings. The van der Waals surface area contributed by atoms with Crippen LogP contribution in [-0.2, 0) is 0 Å². The first-order valence-electron chi connectivity index (χ1n) is 7.90. The molecule has 2 heterocycles. The lowest BCUT2D eigenvalue weighted by Crippen LogP contribution is -2.15. The molecule has 7 nitrogen and oxygen atoms in total. The zero-order valence-electron chi connectivity index (χ0n) is 13.7. The van der Waals surface area contributed by atoms with Crippen molar-refractivity contribution < 1.29 is 9.53 Å². The fourth-order valence-corrected chi connectivity index (χ4v) is 2.20. The van der Waals surface area contributed by atoms with Crippen LogP contribution in [0.3, 0.4) is 0 Å². The Hall–Kier alpha value is -2.96. The number of nitrogens with one attached hydrogen (secondary N) is 1. The molecular weight excluding hydrogens is 306 g/mol. The van der Waals surface area contributed by atoms with Crippen LogP contribution in [0.15, 0.2) is 36.5 Å². The second-order valence-electron chi connectivity index (χ2n) is 5.39. The molecule has 0 atom stereocenters. The minimum Gasteiger partial charge on any atom is -0.491 e. The van der Waals surface area contributed by atoms with Gasteiger partial charge >= 0.3 is 0 Å². The Labute approximate surface area is 139 Å². The highest BCUT2D eigenvalue weighted by molar-refractivity contribution is 6.02. The van der Waals surface area contributed by atoms with Crippen molar-refractivity contribution in [3.05, 3.63) is 48.0 Å². The van der Waals surface area contributed by atoms with Gasteiger partial charge in [0.2, 0.25) is 5.82 Å².